The minimum atomic E-state index is -4.58. The highest BCUT2D eigenvalue weighted by Gasteiger charge is 2.46. The molecule has 3 atom stereocenters. The van der Waals surface area contributed by atoms with Crippen molar-refractivity contribution >= 4 is 24.2 Å². The zero-order chi connectivity index (χ0) is 33.0. The Morgan fingerprint density at radius 1 is 1.17 bits per heavy atom. The van der Waals surface area contributed by atoms with Crippen molar-refractivity contribution in [2.24, 2.45) is 20.9 Å². The quantitative estimate of drug-likeness (QED) is 0.287. The molecule has 2 N–H and O–H groups in total. The number of fused-ring (bicyclic) bond motifs is 1. The Hall–Kier alpha value is -4.39. The predicted molar refractivity (Wildman–Crippen MR) is 175 cm³/mol. The summed E-state index contributed by atoms with van der Waals surface area (Å²) in [4.78, 5) is 22.1. The van der Waals surface area contributed by atoms with Gasteiger partial charge < -0.3 is 20.1 Å². The molecule has 13 heteroatoms. The van der Waals surface area contributed by atoms with E-state index in [-0.39, 0.29) is 30.5 Å². The zero-order valence-corrected chi connectivity index (χ0v) is 26.6. The Kier molecular flexibility index (Phi) is 9.81. The fourth-order valence-electron chi connectivity index (χ4n) is 6.82. The van der Waals surface area contributed by atoms with Gasteiger partial charge in [-0.2, -0.15) is 18.3 Å². The van der Waals surface area contributed by atoms with Gasteiger partial charge in [0.1, 0.15) is 17.3 Å². The molecule has 3 unspecified atom stereocenters. The first-order chi connectivity index (χ1) is 22.7. The lowest BCUT2D eigenvalue weighted by Gasteiger charge is -2.51. The van der Waals surface area contributed by atoms with E-state index in [1.54, 1.807) is 25.5 Å². The third kappa shape index (κ3) is 7.45. The molecular formula is C34H40F3N9O. The number of aromatic nitrogens is 4. The first-order valence-electron chi connectivity index (χ1n) is 16.0. The highest BCUT2D eigenvalue weighted by molar-refractivity contribution is 5.79. The van der Waals surface area contributed by atoms with Crippen LogP contribution in [0.4, 0.5) is 13.2 Å². The fraction of sp³-hybridized carbons (Fsp3) is 0.471. The number of pyridine rings is 1. The molecule has 3 aromatic heterocycles. The number of piperidine rings is 1. The van der Waals surface area contributed by atoms with Crippen molar-refractivity contribution in [3.05, 3.63) is 76.1 Å². The van der Waals surface area contributed by atoms with Crippen LogP contribution in [0.3, 0.4) is 0 Å². The van der Waals surface area contributed by atoms with Gasteiger partial charge in [-0.3, -0.25) is 14.6 Å². The van der Waals surface area contributed by atoms with Crippen molar-refractivity contribution in [2.45, 2.75) is 76.4 Å². The summed E-state index contributed by atoms with van der Waals surface area (Å²) in [5, 5.41) is 13.8. The summed E-state index contributed by atoms with van der Waals surface area (Å²) in [6.45, 7) is 3.71. The van der Waals surface area contributed by atoms with Gasteiger partial charge in [-0.1, -0.05) is 5.57 Å². The smallest absolute Gasteiger partial charge is 0.433 e. The highest BCUT2D eigenvalue weighted by atomic mass is 19.4. The first-order valence-corrected chi connectivity index (χ1v) is 16.0. The molecule has 47 heavy (non-hydrogen) atoms. The average molecular weight is 648 g/mol. The second kappa shape index (κ2) is 14.2. The number of allylic oxidation sites excluding steroid dienone is 1. The average Bonchev–Trinajstić information content (AvgIpc) is 3.68. The molecule has 0 radical (unpaired) electrons. The summed E-state index contributed by atoms with van der Waals surface area (Å²) >= 11 is 0. The van der Waals surface area contributed by atoms with Gasteiger partial charge in [0.2, 0.25) is 5.88 Å². The molecule has 0 bridgehead atoms. The lowest BCUT2D eigenvalue weighted by molar-refractivity contribution is -0.141. The van der Waals surface area contributed by atoms with E-state index >= 15 is 0 Å². The maximum Gasteiger partial charge on any atom is 0.433 e. The number of ether oxygens (including phenoxy) is 1. The van der Waals surface area contributed by atoms with E-state index in [0.717, 1.165) is 48.3 Å². The maximum absolute atomic E-state index is 13.6. The second-order valence-electron chi connectivity index (χ2n) is 12.4. The number of hydrogen-bond donors (Lipinski definition) is 2. The summed E-state index contributed by atoms with van der Waals surface area (Å²) in [7, 11) is 1.65. The van der Waals surface area contributed by atoms with Gasteiger partial charge in [-0.25, -0.2) is 9.98 Å². The Morgan fingerprint density at radius 3 is 2.77 bits per heavy atom. The van der Waals surface area contributed by atoms with E-state index < -0.39 is 11.9 Å². The molecular weight excluding hydrogens is 607 g/mol. The van der Waals surface area contributed by atoms with Crippen molar-refractivity contribution < 1.29 is 17.9 Å². The number of aliphatic imine (C=N–C) groups is 2. The van der Waals surface area contributed by atoms with E-state index in [4.69, 9.17) is 15.2 Å². The van der Waals surface area contributed by atoms with Crippen molar-refractivity contribution in [3.63, 3.8) is 0 Å². The van der Waals surface area contributed by atoms with Crippen LogP contribution in [0.1, 0.15) is 68.3 Å². The van der Waals surface area contributed by atoms with Crippen molar-refractivity contribution in [3.8, 4) is 5.88 Å². The third-order valence-electron chi connectivity index (χ3n) is 9.25. The number of H-pyrrole nitrogens is 1. The molecule has 3 aliphatic rings. The van der Waals surface area contributed by atoms with E-state index in [2.05, 4.69) is 53.7 Å². The van der Waals surface area contributed by atoms with Crippen molar-refractivity contribution in [1.29, 1.82) is 5.41 Å². The van der Waals surface area contributed by atoms with E-state index in [0.29, 0.717) is 37.3 Å². The molecule has 248 valence electrons. The molecule has 5 heterocycles. The number of nitrogens with one attached hydrogen (secondary N) is 2. The number of halogens is 3. The molecule has 1 saturated carbocycles. The Morgan fingerprint density at radius 2 is 2.00 bits per heavy atom. The maximum atomic E-state index is 13.6. The van der Waals surface area contributed by atoms with Gasteiger partial charge in [-0.15, -0.1) is 0 Å². The number of rotatable bonds is 11. The van der Waals surface area contributed by atoms with Gasteiger partial charge in [0.25, 0.3) is 0 Å². The molecule has 2 fully saturated rings. The first kappa shape index (κ1) is 32.5. The minimum Gasteiger partial charge on any atom is -0.474 e. The van der Waals surface area contributed by atoms with E-state index in [1.807, 2.05) is 18.6 Å². The highest BCUT2D eigenvalue weighted by Crippen LogP contribution is 2.44. The predicted octanol–water partition coefficient (Wildman–Crippen LogP) is 4.93. The molecule has 3 aromatic rings. The summed E-state index contributed by atoms with van der Waals surface area (Å²) in [6, 6.07) is 5.13. The summed E-state index contributed by atoms with van der Waals surface area (Å²) in [5.74, 6) is 0.226. The van der Waals surface area contributed by atoms with Gasteiger partial charge in [0.15, 0.2) is 0 Å². The molecule has 6 rings (SSSR count). The van der Waals surface area contributed by atoms with E-state index in [9.17, 15) is 13.2 Å². The monoisotopic (exact) mass is 647 g/mol. The third-order valence-corrected chi connectivity index (χ3v) is 9.25. The number of nitrogens with zero attached hydrogens (tertiary/aromatic N) is 7. The number of likely N-dealkylation sites (tertiary alicyclic amines) is 1. The van der Waals surface area contributed by atoms with Crippen LogP contribution in [0.5, 0.6) is 5.88 Å². The lowest BCUT2D eigenvalue weighted by Crippen LogP contribution is -2.56. The summed E-state index contributed by atoms with van der Waals surface area (Å²) < 4.78 is 49.0. The Labute approximate surface area is 271 Å². The standard InChI is InChI=1S/C34H40F3N9O/c1-22-14-28(26-5-11-41-33(26)42-18-22)24-20-43-46(21-24)30-17-29(27(30)4-8-38)45-12-6-25(7-13-45)47-32-16-23(19-40-10-3-9-39-2)15-31(44-32)34(35,36)37/h5,8-11,15-16,18,20-21,25,27,29-30,38H,3-4,6-7,12-14,17,19H2,1-2H3,(H,41,42). The zero-order valence-electron chi connectivity index (χ0n) is 26.6. The molecule has 0 spiro atoms. The van der Waals surface area contributed by atoms with Crippen LogP contribution < -0.4 is 15.4 Å². The summed E-state index contributed by atoms with van der Waals surface area (Å²) in [5.41, 5.74) is 3.73. The number of hydrogen-bond acceptors (Lipinski definition) is 8. The Bertz CT molecular complexity index is 1780. The fourth-order valence-corrected chi connectivity index (χ4v) is 6.82. The van der Waals surface area contributed by atoms with Gasteiger partial charge in [0, 0.05) is 86.4 Å². The van der Waals surface area contributed by atoms with Crippen molar-refractivity contribution in [2.75, 3.05) is 20.1 Å². The number of aromatic amines is 1. The molecule has 10 nitrogen and oxygen atoms in total. The summed E-state index contributed by atoms with van der Waals surface area (Å²) in [6.07, 6.45) is 12.1. The van der Waals surface area contributed by atoms with Crippen molar-refractivity contribution in [1.82, 2.24) is 24.6 Å². The van der Waals surface area contributed by atoms with Crippen LogP contribution in [0.15, 0.2) is 63.5 Å². The largest absolute Gasteiger partial charge is 0.474 e. The molecule has 2 aliphatic heterocycles. The molecule has 0 amide bonds. The van der Waals surface area contributed by atoms with Crippen LogP contribution in [-0.2, 0) is 12.7 Å². The number of alkyl halides is 3. The van der Waals surface area contributed by atoms with Crippen LogP contribution in [-0.4, -0.2) is 75.6 Å². The van der Waals surface area contributed by atoms with Crippen LogP contribution >= 0.6 is 0 Å². The van der Waals surface area contributed by atoms with Gasteiger partial charge in [0.05, 0.1) is 18.8 Å². The SMILES string of the molecule is CN=CCC=NCc1cc(OC2CCN(C3CC(n4cc(C5=c6cc[nH]c6=NC=C(C)C5)cn4)C3CC=N)CC2)nc(C(F)(F)F)c1. The van der Waals surface area contributed by atoms with Crippen LogP contribution in [0.25, 0.3) is 5.57 Å². The van der Waals surface area contributed by atoms with Gasteiger partial charge >= 0.3 is 6.18 Å². The Balaban J connectivity index is 1.09. The second-order valence-corrected chi connectivity index (χ2v) is 12.4. The normalized spacial score (nSPS) is 22.5. The minimum absolute atomic E-state index is 0.0175. The van der Waals surface area contributed by atoms with Crippen LogP contribution in [0, 0.1) is 11.3 Å². The molecule has 1 saturated heterocycles. The van der Waals surface area contributed by atoms with Crippen LogP contribution in [0.2, 0.25) is 0 Å². The molecule has 0 aromatic carbocycles. The lowest BCUT2D eigenvalue weighted by atomic mass is 9.71. The van der Waals surface area contributed by atoms with E-state index in [1.165, 1.54) is 17.4 Å². The van der Waals surface area contributed by atoms with Gasteiger partial charge in [-0.05, 0) is 68.5 Å². The molecule has 1 aliphatic carbocycles. The topological polar surface area (TPSA) is 120 Å².